The minimum atomic E-state index is 0.722. The first-order chi connectivity index (χ1) is 6.83. The van der Waals surface area contributed by atoms with Gasteiger partial charge in [0.05, 0.1) is 0 Å². The molecule has 0 nitrogen and oxygen atoms in total. The molecule has 0 spiro atoms. The highest BCUT2D eigenvalue weighted by molar-refractivity contribution is 4.77. The predicted octanol–water partition coefficient (Wildman–Crippen LogP) is 5.81. The molecule has 0 aromatic carbocycles. The van der Waals surface area contributed by atoms with Gasteiger partial charge in [-0.25, -0.2) is 0 Å². The van der Waals surface area contributed by atoms with Gasteiger partial charge < -0.3 is 0 Å². The molecule has 0 aliphatic heterocycles. The molecule has 0 heterocycles. The van der Waals surface area contributed by atoms with Crippen molar-refractivity contribution in [1.82, 2.24) is 0 Å². The van der Waals surface area contributed by atoms with Crippen LogP contribution in [0.2, 0.25) is 0 Å². The van der Waals surface area contributed by atoms with Crippen molar-refractivity contribution < 1.29 is 0 Å². The molecule has 92 valence electrons. The molecule has 0 atom stereocenters. The van der Waals surface area contributed by atoms with Gasteiger partial charge >= 0.3 is 0 Å². The van der Waals surface area contributed by atoms with Crippen LogP contribution in [0, 0.1) is 10.8 Å². The lowest BCUT2D eigenvalue weighted by atomic mass is 9.72. The Hall–Kier alpha value is 0. The second-order valence-electron chi connectivity index (χ2n) is 6.74. The molecular weight excluding hydrogens is 180 g/mol. The average Bonchev–Trinajstić information content (AvgIpc) is 2.02. The summed E-state index contributed by atoms with van der Waals surface area (Å²) < 4.78 is 0. The van der Waals surface area contributed by atoms with Crippen LogP contribution in [0.15, 0.2) is 0 Å². The lowest BCUT2D eigenvalue weighted by Gasteiger charge is -2.33. The molecule has 2 aliphatic carbocycles. The highest BCUT2D eigenvalue weighted by atomic mass is 14.3. The van der Waals surface area contributed by atoms with E-state index < -0.39 is 0 Å². The summed E-state index contributed by atoms with van der Waals surface area (Å²) in [5.74, 6) is 0. The van der Waals surface area contributed by atoms with E-state index in [2.05, 4.69) is 41.5 Å². The zero-order chi connectivity index (χ0) is 11.9. The van der Waals surface area contributed by atoms with Gasteiger partial charge in [0.2, 0.25) is 0 Å². The van der Waals surface area contributed by atoms with Gasteiger partial charge in [0.1, 0.15) is 0 Å². The van der Waals surface area contributed by atoms with Crippen LogP contribution < -0.4 is 0 Å². The molecule has 2 saturated carbocycles. The molecule has 0 aromatic rings. The maximum atomic E-state index is 2.33. The van der Waals surface area contributed by atoms with Crippen LogP contribution in [0.25, 0.3) is 0 Å². The van der Waals surface area contributed by atoms with E-state index >= 15 is 0 Å². The molecule has 2 aliphatic rings. The largest absolute Gasteiger partial charge is 0.0656 e. The molecule has 0 N–H and O–H groups in total. The van der Waals surface area contributed by atoms with Crippen molar-refractivity contribution in [2.24, 2.45) is 10.8 Å². The summed E-state index contributed by atoms with van der Waals surface area (Å²) in [7, 11) is 0. The fraction of sp³-hybridized carbons (Fsp3) is 1.00. The van der Waals surface area contributed by atoms with Crippen molar-refractivity contribution in [2.75, 3.05) is 0 Å². The van der Waals surface area contributed by atoms with E-state index in [1.807, 2.05) is 0 Å². The van der Waals surface area contributed by atoms with Crippen LogP contribution >= 0.6 is 0 Å². The van der Waals surface area contributed by atoms with Crippen molar-refractivity contribution in [2.45, 2.75) is 86.5 Å². The Bertz CT molecular complexity index is 123. The first-order valence-corrected chi connectivity index (χ1v) is 6.83. The van der Waals surface area contributed by atoms with Gasteiger partial charge in [-0.1, -0.05) is 60.8 Å². The second-order valence-corrected chi connectivity index (χ2v) is 6.74. The zero-order valence-electron chi connectivity index (χ0n) is 11.9. The summed E-state index contributed by atoms with van der Waals surface area (Å²) in [5.41, 5.74) is 1.44. The maximum absolute atomic E-state index is 2.33. The molecule has 2 fully saturated rings. The van der Waals surface area contributed by atoms with Gasteiger partial charge in [-0.15, -0.1) is 0 Å². The molecule has 0 unspecified atom stereocenters. The molecule has 0 aromatic heterocycles. The molecule has 0 heteroatoms. The first kappa shape index (κ1) is 15.0. The van der Waals surface area contributed by atoms with E-state index in [0.29, 0.717) is 0 Å². The van der Waals surface area contributed by atoms with E-state index in [1.165, 1.54) is 44.9 Å². The fourth-order valence-electron chi connectivity index (χ4n) is 1.77. The first-order valence-electron chi connectivity index (χ1n) is 6.83. The molecule has 0 bridgehead atoms. The van der Waals surface area contributed by atoms with Crippen molar-refractivity contribution in [3.63, 3.8) is 0 Å². The Morgan fingerprint density at radius 1 is 0.667 bits per heavy atom. The van der Waals surface area contributed by atoms with Crippen molar-refractivity contribution in [1.29, 1.82) is 0 Å². The Morgan fingerprint density at radius 2 is 0.800 bits per heavy atom. The lowest BCUT2D eigenvalue weighted by Crippen LogP contribution is -2.20. The van der Waals surface area contributed by atoms with Crippen LogP contribution in [0.5, 0.6) is 0 Å². The predicted molar refractivity (Wildman–Crippen MR) is 71.2 cm³/mol. The van der Waals surface area contributed by atoms with Gasteiger partial charge in [0.25, 0.3) is 0 Å². The molecule has 0 radical (unpaired) electrons. The van der Waals surface area contributed by atoms with Crippen LogP contribution in [0.4, 0.5) is 0 Å². The minimum Gasteiger partial charge on any atom is -0.0656 e. The topological polar surface area (TPSA) is 0 Å². The summed E-state index contributed by atoms with van der Waals surface area (Å²) in [6.07, 6.45) is 9.99. The van der Waals surface area contributed by atoms with E-state index in [-0.39, 0.29) is 0 Å². The summed E-state index contributed by atoms with van der Waals surface area (Å²) in [6.45, 7) is 13.6. The highest BCUT2D eigenvalue weighted by Gasteiger charge is 2.25. The lowest BCUT2D eigenvalue weighted by molar-refractivity contribution is 0.190. The Balaban J connectivity index is 0.000000210. The Kier molecular flexibility index (Phi) is 6.55. The summed E-state index contributed by atoms with van der Waals surface area (Å²) in [4.78, 5) is 0. The Morgan fingerprint density at radius 3 is 0.800 bits per heavy atom. The molecule has 0 saturated heterocycles. The fourth-order valence-corrected chi connectivity index (χ4v) is 1.77. The normalized spacial score (nSPS) is 24.4. The smallest absolute Gasteiger partial charge is 0.0354 e. The maximum Gasteiger partial charge on any atom is -0.0354 e. The summed E-state index contributed by atoms with van der Waals surface area (Å²) in [5, 5.41) is 0. The summed E-state index contributed by atoms with van der Waals surface area (Å²) in [6, 6.07) is 0. The highest BCUT2D eigenvalue weighted by Crippen LogP contribution is 2.39. The van der Waals surface area contributed by atoms with E-state index in [0.717, 1.165) is 10.8 Å². The summed E-state index contributed by atoms with van der Waals surface area (Å²) >= 11 is 0. The third-order valence-corrected chi connectivity index (χ3v) is 3.41. The van der Waals surface area contributed by atoms with Crippen LogP contribution in [-0.2, 0) is 0 Å². The molecule has 2 rings (SSSR count). The van der Waals surface area contributed by atoms with Gasteiger partial charge in [0, 0.05) is 0 Å². The molecular formula is C15H32. The quantitative estimate of drug-likeness (QED) is 0.475. The molecule has 0 amide bonds. The minimum absolute atomic E-state index is 0.722. The monoisotopic (exact) mass is 212 g/mol. The van der Waals surface area contributed by atoms with Crippen LogP contribution in [-0.4, -0.2) is 0 Å². The van der Waals surface area contributed by atoms with E-state index in [9.17, 15) is 0 Å². The van der Waals surface area contributed by atoms with Crippen molar-refractivity contribution in [3.8, 4) is 0 Å². The third kappa shape index (κ3) is 7.88. The van der Waals surface area contributed by atoms with Crippen LogP contribution in [0.1, 0.15) is 86.5 Å². The number of hydrogen-bond donors (Lipinski definition) is 0. The van der Waals surface area contributed by atoms with E-state index in [1.54, 1.807) is 0 Å². The Labute approximate surface area is 97.8 Å². The average molecular weight is 212 g/mol. The van der Waals surface area contributed by atoms with Gasteiger partial charge in [0.15, 0.2) is 0 Å². The van der Waals surface area contributed by atoms with Crippen molar-refractivity contribution in [3.05, 3.63) is 0 Å². The number of rotatable bonds is 0. The van der Waals surface area contributed by atoms with Gasteiger partial charge in [-0.3, -0.25) is 0 Å². The van der Waals surface area contributed by atoms with Gasteiger partial charge in [-0.2, -0.15) is 0 Å². The van der Waals surface area contributed by atoms with E-state index in [4.69, 9.17) is 0 Å². The molecule has 15 heavy (non-hydrogen) atoms. The van der Waals surface area contributed by atoms with Gasteiger partial charge in [-0.05, 0) is 36.5 Å². The second kappa shape index (κ2) is 6.55. The van der Waals surface area contributed by atoms with Crippen LogP contribution in [0.3, 0.4) is 0 Å². The zero-order valence-corrected chi connectivity index (χ0v) is 11.9. The third-order valence-electron chi connectivity index (χ3n) is 3.41. The number of hydrogen-bond acceptors (Lipinski definition) is 0. The van der Waals surface area contributed by atoms with Crippen molar-refractivity contribution >= 4 is 0 Å². The standard InChI is InChI=1S/2C6H12.C3H8/c2*1-6(2)4-3-5-6;1-3-2/h2*3-5H2,1-2H3;3H2,1-2H3. The SMILES string of the molecule is CC1(C)CCC1.CC1(C)CCC1.CCC.